The van der Waals surface area contributed by atoms with Crippen LogP contribution in [0.1, 0.15) is 36.7 Å². The number of nitrogens with zero attached hydrogens (tertiary/aromatic N) is 2. The van der Waals surface area contributed by atoms with Crippen molar-refractivity contribution in [2.45, 2.75) is 44.7 Å². The van der Waals surface area contributed by atoms with Crippen molar-refractivity contribution in [2.75, 3.05) is 12.4 Å². The topological polar surface area (TPSA) is 52.1 Å². The summed E-state index contributed by atoms with van der Waals surface area (Å²) >= 11 is 1.36. The molecule has 1 aliphatic rings. The predicted molar refractivity (Wildman–Crippen MR) is 70.8 cm³/mol. The number of hydrogen-bond donors (Lipinski definition) is 0. The van der Waals surface area contributed by atoms with Crippen molar-refractivity contribution >= 4 is 17.7 Å². The van der Waals surface area contributed by atoms with Gasteiger partial charge in [-0.25, -0.2) is 9.97 Å². The first kappa shape index (κ1) is 13.3. The Balaban J connectivity index is 2.05. The molecule has 0 aromatic carbocycles. The highest BCUT2D eigenvalue weighted by molar-refractivity contribution is 7.99. The predicted octanol–water partition coefficient (Wildman–Crippen LogP) is 2.32. The van der Waals surface area contributed by atoms with Gasteiger partial charge >= 0.3 is 5.97 Å². The molecule has 0 bridgehead atoms. The third kappa shape index (κ3) is 3.22. The molecule has 0 aliphatic heterocycles. The molecule has 98 valence electrons. The molecule has 0 radical (unpaired) electrons. The Hall–Kier alpha value is -1.10. The molecule has 18 heavy (non-hydrogen) atoms. The van der Waals surface area contributed by atoms with Gasteiger partial charge in [0.05, 0.1) is 12.4 Å². The Labute approximate surface area is 112 Å². The summed E-state index contributed by atoms with van der Waals surface area (Å²) in [4.78, 5) is 20.3. The summed E-state index contributed by atoms with van der Waals surface area (Å²) in [6.45, 7) is 4.26. The zero-order valence-corrected chi connectivity index (χ0v) is 11.7. The number of thioether (sulfide) groups is 1. The van der Waals surface area contributed by atoms with Gasteiger partial charge in [0, 0.05) is 11.4 Å². The summed E-state index contributed by atoms with van der Waals surface area (Å²) in [6.07, 6.45) is 4.55. The van der Waals surface area contributed by atoms with E-state index in [1.165, 1.54) is 35.9 Å². The van der Waals surface area contributed by atoms with Gasteiger partial charge < -0.3 is 4.74 Å². The van der Waals surface area contributed by atoms with Gasteiger partial charge in [-0.15, -0.1) is 0 Å². The van der Waals surface area contributed by atoms with Gasteiger partial charge in [-0.2, -0.15) is 0 Å². The SMILES string of the molecule is CCOC(=O)CSc1nc(C)c2c(n1)CCCC2. The normalized spacial score (nSPS) is 14.1. The van der Waals surface area contributed by atoms with Crippen molar-refractivity contribution in [3.05, 3.63) is 17.0 Å². The number of ether oxygens (including phenoxy) is 1. The molecule has 0 unspecified atom stereocenters. The molecular formula is C13H18N2O2S. The highest BCUT2D eigenvalue weighted by Crippen LogP contribution is 2.24. The van der Waals surface area contributed by atoms with E-state index in [9.17, 15) is 4.79 Å². The lowest BCUT2D eigenvalue weighted by atomic mass is 9.95. The van der Waals surface area contributed by atoms with Crippen LogP contribution in [0.15, 0.2) is 5.16 Å². The maximum Gasteiger partial charge on any atom is 0.316 e. The van der Waals surface area contributed by atoms with E-state index in [-0.39, 0.29) is 11.7 Å². The summed E-state index contributed by atoms with van der Waals surface area (Å²) in [5.41, 5.74) is 3.54. The van der Waals surface area contributed by atoms with E-state index in [2.05, 4.69) is 9.97 Å². The van der Waals surface area contributed by atoms with E-state index in [0.717, 1.165) is 18.5 Å². The highest BCUT2D eigenvalue weighted by Gasteiger charge is 2.16. The number of rotatable bonds is 4. The molecule has 5 heteroatoms. The van der Waals surface area contributed by atoms with Gasteiger partial charge in [0.2, 0.25) is 0 Å². The minimum absolute atomic E-state index is 0.207. The van der Waals surface area contributed by atoms with Crippen molar-refractivity contribution in [1.29, 1.82) is 0 Å². The standard InChI is InChI=1S/C13H18N2O2S/c1-3-17-12(16)8-18-13-14-9(2)10-6-4-5-7-11(10)15-13/h3-8H2,1-2H3. The fraction of sp³-hybridized carbons (Fsp3) is 0.615. The van der Waals surface area contributed by atoms with Crippen LogP contribution in [0.3, 0.4) is 0 Å². The smallest absolute Gasteiger partial charge is 0.316 e. The van der Waals surface area contributed by atoms with Crippen LogP contribution in [0.5, 0.6) is 0 Å². The summed E-state index contributed by atoms with van der Waals surface area (Å²) in [5.74, 6) is 0.0768. The van der Waals surface area contributed by atoms with Crippen LogP contribution >= 0.6 is 11.8 Å². The molecule has 0 spiro atoms. The average molecular weight is 266 g/mol. The first-order chi connectivity index (χ1) is 8.70. The quantitative estimate of drug-likeness (QED) is 0.475. The molecule has 1 aliphatic carbocycles. The molecule has 0 fully saturated rings. The third-order valence-corrected chi connectivity index (χ3v) is 3.81. The number of aryl methyl sites for hydroxylation is 2. The Kier molecular flexibility index (Phi) is 4.58. The van der Waals surface area contributed by atoms with E-state index in [1.807, 2.05) is 13.8 Å². The van der Waals surface area contributed by atoms with Crippen LogP contribution in [0, 0.1) is 6.92 Å². The van der Waals surface area contributed by atoms with Crippen molar-refractivity contribution in [3.63, 3.8) is 0 Å². The van der Waals surface area contributed by atoms with Crippen molar-refractivity contribution in [1.82, 2.24) is 9.97 Å². The first-order valence-corrected chi connectivity index (χ1v) is 7.34. The maximum atomic E-state index is 11.3. The second-order valence-electron chi connectivity index (χ2n) is 4.32. The molecule has 0 amide bonds. The Morgan fingerprint density at radius 2 is 2.11 bits per heavy atom. The molecule has 0 N–H and O–H groups in total. The lowest BCUT2D eigenvalue weighted by Crippen LogP contribution is -2.11. The molecular weight excluding hydrogens is 248 g/mol. The van der Waals surface area contributed by atoms with Crippen molar-refractivity contribution < 1.29 is 9.53 Å². The van der Waals surface area contributed by atoms with E-state index in [0.29, 0.717) is 11.8 Å². The van der Waals surface area contributed by atoms with Crippen LogP contribution in [0.4, 0.5) is 0 Å². The number of carbonyl (C=O) groups excluding carboxylic acids is 1. The molecule has 2 rings (SSSR count). The van der Waals surface area contributed by atoms with Crippen LogP contribution in [0.2, 0.25) is 0 Å². The molecule has 0 atom stereocenters. The monoisotopic (exact) mass is 266 g/mol. The van der Waals surface area contributed by atoms with Crippen molar-refractivity contribution in [2.24, 2.45) is 0 Å². The van der Waals surface area contributed by atoms with E-state index in [1.54, 1.807) is 0 Å². The van der Waals surface area contributed by atoms with Crippen LogP contribution in [-0.2, 0) is 22.4 Å². The maximum absolute atomic E-state index is 11.3. The van der Waals surface area contributed by atoms with Gasteiger partial charge in [0.15, 0.2) is 5.16 Å². The van der Waals surface area contributed by atoms with E-state index in [4.69, 9.17) is 4.74 Å². The molecule has 4 nitrogen and oxygen atoms in total. The summed E-state index contributed by atoms with van der Waals surface area (Å²) < 4.78 is 4.89. The minimum atomic E-state index is -0.207. The molecule has 1 heterocycles. The second-order valence-corrected chi connectivity index (χ2v) is 5.26. The van der Waals surface area contributed by atoms with Crippen LogP contribution < -0.4 is 0 Å². The Bertz CT molecular complexity index is 449. The van der Waals surface area contributed by atoms with Crippen molar-refractivity contribution in [3.8, 4) is 0 Å². The minimum Gasteiger partial charge on any atom is -0.465 e. The van der Waals surface area contributed by atoms with Gasteiger partial charge in [0.1, 0.15) is 0 Å². The highest BCUT2D eigenvalue weighted by atomic mass is 32.2. The molecule has 1 aromatic heterocycles. The van der Waals surface area contributed by atoms with Crippen LogP contribution in [-0.4, -0.2) is 28.3 Å². The third-order valence-electron chi connectivity index (χ3n) is 2.99. The zero-order chi connectivity index (χ0) is 13.0. The zero-order valence-electron chi connectivity index (χ0n) is 10.9. The lowest BCUT2D eigenvalue weighted by Gasteiger charge is -2.17. The number of carbonyl (C=O) groups is 1. The van der Waals surface area contributed by atoms with Gasteiger partial charge in [-0.3, -0.25) is 4.79 Å². The summed E-state index contributed by atoms with van der Waals surface area (Å²) in [6, 6.07) is 0. The van der Waals surface area contributed by atoms with Crippen LogP contribution in [0.25, 0.3) is 0 Å². The Morgan fingerprint density at radius 3 is 2.89 bits per heavy atom. The van der Waals surface area contributed by atoms with Gasteiger partial charge in [0.25, 0.3) is 0 Å². The number of esters is 1. The molecule has 0 saturated heterocycles. The summed E-state index contributed by atoms with van der Waals surface area (Å²) in [7, 11) is 0. The lowest BCUT2D eigenvalue weighted by molar-refractivity contribution is -0.139. The largest absolute Gasteiger partial charge is 0.465 e. The fourth-order valence-corrected chi connectivity index (χ4v) is 2.85. The number of aromatic nitrogens is 2. The van der Waals surface area contributed by atoms with Gasteiger partial charge in [-0.1, -0.05) is 11.8 Å². The molecule has 0 saturated carbocycles. The number of hydrogen-bond acceptors (Lipinski definition) is 5. The molecule has 1 aromatic rings. The summed E-state index contributed by atoms with van der Waals surface area (Å²) in [5, 5.41) is 0.696. The number of fused-ring (bicyclic) bond motifs is 1. The van der Waals surface area contributed by atoms with Gasteiger partial charge in [-0.05, 0) is 45.1 Å². The second kappa shape index (κ2) is 6.18. The van der Waals surface area contributed by atoms with E-state index >= 15 is 0 Å². The van der Waals surface area contributed by atoms with E-state index < -0.39 is 0 Å². The first-order valence-electron chi connectivity index (χ1n) is 6.35. The fourth-order valence-electron chi connectivity index (χ4n) is 2.14. The Morgan fingerprint density at radius 1 is 1.33 bits per heavy atom. The average Bonchev–Trinajstić information content (AvgIpc) is 2.37.